The fourth-order valence-corrected chi connectivity index (χ4v) is 5.74. The van der Waals surface area contributed by atoms with Crippen LogP contribution in [0, 0.1) is 0 Å². The maximum atomic E-state index is 13.8. The van der Waals surface area contributed by atoms with Gasteiger partial charge >= 0.3 is 19.4 Å². The van der Waals surface area contributed by atoms with Gasteiger partial charge in [0.25, 0.3) is 5.56 Å². The van der Waals surface area contributed by atoms with E-state index in [2.05, 4.69) is 10.1 Å². The number of aromatic nitrogens is 2. The SMILES string of the molecule is CCCCOC(=O)[C@H](C)NP(=O)(OC[C@H]1O[C@@H](n2ccc(=O)[nH]c2=O)[C@@]2(CCO2)[C@@H]1O)Oc1ccccc1. The van der Waals surface area contributed by atoms with Crippen molar-refractivity contribution in [3.05, 3.63) is 63.4 Å². The van der Waals surface area contributed by atoms with E-state index in [9.17, 15) is 24.1 Å². The first-order chi connectivity index (χ1) is 18.2. The van der Waals surface area contributed by atoms with Gasteiger partial charge < -0.3 is 23.8 Å². The number of aliphatic hydroxyl groups is 1. The molecule has 2 aliphatic heterocycles. The van der Waals surface area contributed by atoms with Crippen molar-refractivity contribution >= 4 is 13.7 Å². The Balaban J connectivity index is 1.51. The van der Waals surface area contributed by atoms with Crippen molar-refractivity contribution in [3.63, 3.8) is 0 Å². The van der Waals surface area contributed by atoms with Crippen molar-refractivity contribution in [3.8, 4) is 5.75 Å². The Morgan fingerprint density at radius 3 is 2.68 bits per heavy atom. The number of ether oxygens (including phenoxy) is 3. The molecule has 0 bridgehead atoms. The van der Waals surface area contributed by atoms with E-state index < -0.39 is 61.7 Å². The average molecular weight is 554 g/mol. The Kier molecular flexibility index (Phi) is 8.86. The van der Waals surface area contributed by atoms with Gasteiger partial charge in [-0.15, -0.1) is 0 Å². The second kappa shape index (κ2) is 11.9. The first-order valence-electron chi connectivity index (χ1n) is 12.4. The zero-order valence-corrected chi connectivity index (χ0v) is 22.0. The van der Waals surface area contributed by atoms with Crippen LogP contribution in [0.15, 0.2) is 52.2 Å². The van der Waals surface area contributed by atoms with E-state index in [0.29, 0.717) is 19.4 Å². The maximum absolute atomic E-state index is 13.8. The van der Waals surface area contributed by atoms with Crippen molar-refractivity contribution in [1.82, 2.24) is 14.6 Å². The third-order valence-corrected chi connectivity index (χ3v) is 8.01. The number of aliphatic hydroxyl groups excluding tert-OH is 1. The number of benzene rings is 1. The molecule has 2 saturated heterocycles. The molecule has 0 aliphatic carbocycles. The molecule has 14 heteroatoms. The minimum atomic E-state index is -4.21. The molecule has 0 radical (unpaired) electrons. The highest BCUT2D eigenvalue weighted by Crippen LogP contribution is 2.50. The number of unbranched alkanes of at least 4 members (excludes halogenated alkanes) is 1. The largest absolute Gasteiger partial charge is 0.465 e. The summed E-state index contributed by atoms with van der Waals surface area (Å²) < 4.78 is 43.0. The highest BCUT2D eigenvalue weighted by Gasteiger charge is 2.62. The number of rotatable bonds is 12. The van der Waals surface area contributed by atoms with Crippen LogP contribution in [0.2, 0.25) is 0 Å². The molecule has 6 atom stereocenters. The quantitative estimate of drug-likeness (QED) is 0.198. The summed E-state index contributed by atoms with van der Waals surface area (Å²) in [7, 11) is -4.21. The molecule has 2 fully saturated rings. The molecular weight excluding hydrogens is 521 g/mol. The topological polar surface area (TPSA) is 167 Å². The van der Waals surface area contributed by atoms with Crippen molar-refractivity contribution in [2.75, 3.05) is 19.8 Å². The third kappa shape index (κ3) is 6.09. The van der Waals surface area contributed by atoms with Gasteiger partial charge in [0.2, 0.25) is 0 Å². The van der Waals surface area contributed by atoms with Gasteiger partial charge in [-0.2, -0.15) is 5.09 Å². The van der Waals surface area contributed by atoms with Crippen LogP contribution in [-0.2, 0) is 28.1 Å². The van der Waals surface area contributed by atoms with Gasteiger partial charge in [0.05, 0.1) is 19.8 Å². The lowest BCUT2D eigenvalue weighted by Gasteiger charge is -2.44. The van der Waals surface area contributed by atoms with E-state index in [-0.39, 0.29) is 12.4 Å². The number of para-hydroxylation sites is 1. The first-order valence-corrected chi connectivity index (χ1v) is 13.9. The average Bonchev–Trinajstić information content (AvgIpc) is 3.15. The summed E-state index contributed by atoms with van der Waals surface area (Å²) in [5, 5.41) is 13.7. The lowest BCUT2D eigenvalue weighted by molar-refractivity contribution is -0.227. The Morgan fingerprint density at radius 2 is 2.05 bits per heavy atom. The van der Waals surface area contributed by atoms with Crippen LogP contribution in [-0.4, -0.2) is 64.3 Å². The molecule has 2 aliphatic rings. The lowest BCUT2D eigenvalue weighted by atomic mass is 9.86. The third-order valence-electron chi connectivity index (χ3n) is 6.37. The summed E-state index contributed by atoms with van der Waals surface area (Å²) in [5.74, 6) is -0.408. The summed E-state index contributed by atoms with van der Waals surface area (Å²) in [4.78, 5) is 38.5. The minimum Gasteiger partial charge on any atom is -0.465 e. The van der Waals surface area contributed by atoms with Crippen molar-refractivity contribution < 1.29 is 37.7 Å². The van der Waals surface area contributed by atoms with Crippen LogP contribution in [0.1, 0.15) is 39.3 Å². The van der Waals surface area contributed by atoms with Gasteiger partial charge in [-0.05, 0) is 25.5 Å². The van der Waals surface area contributed by atoms with Crippen molar-refractivity contribution in [2.45, 2.75) is 63.2 Å². The zero-order valence-electron chi connectivity index (χ0n) is 21.1. The van der Waals surface area contributed by atoms with Crippen LogP contribution in [0.3, 0.4) is 0 Å². The van der Waals surface area contributed by atoms with Crippen LogP contribution < -0.4 is 20.9 Å². The normalized spacial score (nSPS) is 26.9. The number of aromatic amines is 1. The summed E-state index contributed by atoms with van der Waals surface area (Å²) in [5.41, 5.74) is -2.58. The number of nitrogens with zero attached hydrogens (tertiary/aromatic N) is 1. The Morgan fingerprint density at radius 1 is 1.32 bits per heavy atom. The van der Waals surface area contributed by atoms with E-state index in [1.807, 2.05) is 6.92 Å². The zero-order chi connectivity index (χ0) is 27.3. The number of hydrogen-bond acceptors (Lipinski definition) is 10. The van der Waals surface area contributed by atoms with Gasteiger partial charge in [0, 0.05) is 18.7 Å². The number of carbonyl (C=O) groups excluding carboxylic acids is 1. The van der Waals surface area contributed by atoms with E-state index >= 15 is 0 Å². The molecule has 1 spiro atoms. The second-order valence-corrected chi connectivity index (χ2v) is 10.8. The highest BCUT2D eigenvalue weighted by atomic mass is 31.2. The Bertz CT molecular complexity index is 1260. The summed E-state index contributed by atoms with van der Waals surface area (Å²) in [6, 6.07) is 8.35. The molecule has 4 rings (SSSR count). The van der Waals surface area contributed by atoms with Gasteiger partial charge in [-0.1, -0.05) is 31.5 Å². The molecule has 0 amide bonds. The standard InChI is InChI=1S/C24H32N3O10P/c1-3-4-13-33-21(30)16(2)26-38(32,37-17-8-6-5-7-9-17)35-15-18-20(29)24(11-14-34-24)22(36-18)27-12-10-19(28)25-23(27)31/h5-10,12,16,18,20,22,29H,3-4,11,13-15H2,1-2H3,(H,26,32)(H,25,28,31)/t16-,18+,20+,22+,24+,38?/m0/s1. The molecule has 3 N–H and O–H groups in total. The summed E-state index contributed by atoms with van der Waals surface area (Å²) in [6.07, 6.45) is -0.261. The monoisotopic (exact) mass is 553 g/mol. The molecule has 1 unspecified atom stereocenters. The molecule has 3 heterocycles. The van der Waals surface area contributed by atoms with Crippen LogP contribution >= 0.6 is 7.75 Å². The molecule has 1 aromatic heterocycles. The summed E-state index contributed by atoms with van der Waals surface area (Å²) >= 11 is 0. The Hall–Kier alpha value is -2.80. The number of hydrogen-bond donors (Lipinski definition) is 3. The highest BCUT2D eigenvalue weighted by molar-refractivity contribution is 7.52. The van der Waals surface area contributed by atoms with Crippen LogP contribution in [0.5, 0.6) is 5.75 Å². The van der Waals surface area contributed by atoms with Gasteiger partial charge in [0.15, 0.2) is 6.23 Å². The maximum Gasteiger partial charge on any atom is 0.459 e. The lowest BCUT2D eigenvalue weighted by Crippen LogP contribution is -2.57. The van der Waals surface area contributed by atoms with Crippen LogP contribution in [0.4, 0.5) is 0 Å². The second-order valence-electron chi connectivity index (χ2n) is 9.11. The summed E-state index contributed by atoms with van der Waals surface area (Å²) in [6.45, 7) is 3.55. The fraction of sp³-hybridized carbons (Fsp3) is 0.542. The van der Waals surface area contributed by atoms with E-state index in [1.165, 1.54) is 13.1 Å². The van der Waals surface area contributed by atoms with E-state index in [1.54, 1.807) is 30.3 Å². The van der Waals surface area contributed by atoms with Gasteiger partial charge in [0.1, 0.15) is 29.6 Å². The molecule has 2 aromatic rings. The molecule has 1 aromatic carbocycles. The van der Waals surface area contributed by atoms with Gasteiger partial charge in [-0.3, -0.25) is 23.7 Å². The molecule has 13 nitrogen and oxygen atoms in total. The molecule has 0 saturated carbocycles. The predicted octanol–water partition coefficient (Wildman–Crippen LogP) is 1.48. The molecular formula is C24H32N3O10P. The van der Waals surface area contributed by atoms with E-state index in [0.717, 1.165) is 17.1 Å². The number of H-pyrrole nitrogens is 1. The predicted molar refractivity (Wildman–Crippen MR) is 134 cm³/mol. The number of nitrogens with one attached hydrogen (secondary N) is 2. The smallest absolute Gasteiger partial charge is 0.459 e. The number of esters is 1. The van der Waals surface area contributed by atoms with Crippen molar-refractivity contribution in [2.24, 2.45) is 0 Å². The van der Waals surface area contributed by atoms with Crippen molar-refractivity contribution in [1.29, 1.82) is 0 Å². The number of carbonyl (C=O) groups is 1. The first kappa shape index (κ1) is 28.2. The van der Waals surface area contributed by atoms with Crippen LogP contribution in [0.25, 0.3) is 0 Å². The van der Waals surface area contributed by atoms with Gasteiger partial charge in [-0.25, -0.2) is 9.36 Å². The molecule has 38 heavy (non-hydrogen) atoms. The fourth-order valence-electron chi connectivity index (χ4n) is 4.24. The Labute approximate surface area is 218 Å². The molecule has 208 valence electrons. The minimum absolute atomic E-state index is 0.222. The van der Waals surface area contributed by atoms with E-state index in [4.69, 9.17) is 23.3 Å².